The first-order valence-electron chi connectivity index (χ1n) is 5.17. The number of aliphatic hydroxyl groups excluding tert-OH is 2. The van der Waals surface area contributed by atoms with E-state index in [0.717, 1.165) is 25.2 Å². The average molecular weight is 222 g/mol. The van der Waals surface area contributed by atoms with Crippen molar-refractivity contribution in [3.63, 3.8) is 0 Å². The number of diazo groups is 2. The van der Waals surface area contributed by atoms with Gasteiger partial charge in [-0.25, -0.2) is 0 Å². The quantitative estimate of drug-likeness (QED) is 0.553. The van der Waals surface area contributed by atoms with Crippen molar-refractivity contribution in [2.75, 3.05) is 0 Å². The first kappa shape index (κ1) is 12.0. The van der Waals surface area contributed by atoms with Gasteiger partial charge in [0.15, 0.2) is 21.5 Å². The number of hydrogen-bond acceptors (Lipinski definition) is 4. The zero-order valence-electron chi connectivity index (χ0n) is 8.82. The molecule has 0 bridgehead atoms. The first-order valence-corrected chi connectivity index (χ1v) is 5.17. The minimum absolute atomic E-state index is 0.0647. The second kappa shape index (κ2) is 5.72. The molecule has 0 saturated heterocycles. The van der Waals surface area contributed by atoms with Crippen LogP contribution in [0.15, 0.2) is 23.9 Å². The van der Waals surface area contributed by atoms with Crippen LogP contribution in [0.2, 0.25) is 0 Å². The molecule has 2 N–H and O–H groups in total. The zero-order chi connectivity index (χ0) is 12.0. The fraction of sp³-hybridized carbons (Fsp3) is 0.600. The van der Waals surface area contributed by atoms with E-state index in [1.807, 2.05) is 0 Å². The number of hydrogen-bond donors (Lipinski definition) is 2. The maximum atomic E-state index is 9.64. The van der Waals surface area contributed by atoms with E-state index in [1.165, 1.54) is 0 Å². The van der Waals surface area contributed by atoms with E-state index < -0.39 is 0 Å². The molecule has 1 aliphatic carbocycles. The standard InChI is InChI=1S/C10H12N4O2/c11-13-5-9(15)7-3-1-2-4-8(7)10(16)6-14-12/h5-8H,1-4H2/p+2/b9-5-,10-6-/t7-,8-/m0/s1. The fourth-order valence-corrected chi connectivity index (χ4v) is 2.15. The summed E-state index contributed by atoms with van der Waals surface area (Å²) < 4.78 is 0. The molecule has 1 fully saturated rings. The normalized spacial score (nSPS) is 26.9. The summed E-state index contributed by atoms with van der Waals surface area (Å²) in [6.45, 7) is 0. The van der Waals surface area contributed by atoms with E-state index in [0.29, 0.717) is 12.8 Å². The summed E-state index contributed by atoms with van der Waals surface area (Å²) in [5.74, 6) is -0.708. The number of allylic oxidation sites excluding steroid dienone is 2. The highest BCUT2D eigenvalue weighted by molar-refractivity contribution is 5.12. The van der Waals surface area contributed by atoms with Gasteiger partial charge in [-0.1, -0.05) is 12.8 Å². The van der Waals surface area contributed by atoms with Crippen LogP contribution in [0.1, 0.15) is 25.7 Å². The van der Waals surface area contributed by atoms with E-state index >= 15 is 0 Å². The summed E-state index contributed by atoms with van der Waals surface area (Å²) in [5.41, 5.74) is 0. The Morgan fingerprint density at radius 3 is 1.62 bits per heavy atom. The largest absolute Gasteiger partial charge is 0.505 e. The molecule has 6 heteroatoms. The van der Waals surface area contributed by atoms with Gasteiger partial charge in [0.25, 0.3) is 0 Å². The van der Waals surface area contributed by atoms with E-state index in [1.54, 1.807) is 0 Å². The lowest BCUT2D eigenvalue weighted by atomic mass is 9.77. The highest BCUT2D eigenvalue weighted by atomic mass is 16.3. The summed E-state index contributed by atoms with van der Waals surface area (Å²) in [7, 11) is 0. The second-order valence-corrected chi connectivity index (χ2v) is 3.84. The summed E-state index contributed by atoms with van der Waals surface area (Å²) in [6, 6.07) is 0. The molecule has 0 aromatic heterocycles. The third-order valence-corrected chi connectivity index (χ3v) is 2.91. The Hall–Kier alpha value is -2.08. The smallest absolute Gasteiger partial charge is 0.387 e. The highest BCUT2D eigenvalue weighted by Crippen LogP contribution is 2.37. The minimum Gasteiger partial charge on any atom is -0.505 e. The van der Waals surface area contributed by atoms with Gasteiger partial charge < -0.3 is 10.2 Å². The van der Waals surface area contributed by atoms with Crippen molar-refractivity contribution in [3.05, 3.63) is 33.9 Å². The Morgan fingerprint density at radius 2 is 1.31 bits per heavy atom. The van der Waals surface area contributed by atoms with Gasteiger partial charge in [-0.2, -0.15) is 0 Å². The third-order valence-electron chi connectivity index (χ3n) is 2.91. The molecule has 0 spiro atoms. The Bertz CT molecular complexity index is 351. The maximum absolute atomic E-state index is 9.64. The lowest BCUT2D eigenvalue weighted by molar-refractivity contribution is 0.179. The van der Waals surface area contributed by atoms with E-state index in [4.69, 9.17) is 10.8 Å². The predicted octanol–water partition coefficient (Wildman–Crippen LogP) is 3.30. The molecule has 2 atom stereocenters. The lowest BCUT2D eigenvalue weighted by Gasteiger charge is -2.27. The van der Waals surface area contributed by atoms with Crippen LogP contribution in [0.4, 0.5) is 0 Å². The van der Waals surface area contributed by atoms with Crippen LogP contribution < -0.4 is 0 Å². The van der Waals surface area contributed by atoms with E-state index in [9.17, 15) is 10.2 Å². The SMILES string of the molecule is N#[N+]/C=C(\O)[C@H]1CCCC[C@@H]1/C(O)=C/[N+]#N. The molecule has 0 aliphatic heterocycles. The fourth-order valence-electron chi connectivity index (χ4n) is 2.15. The highest BCUT2D eigenvalue weighted by Gasteiger charge is 2.34. The zero-order valence-corrected chi connectivity index (χ0v) is 8.82. The molecule has 84 valence electrons. The number of nitrogens with zero attached hydrogens (tertiary/aromatic N) is 4. The van der Waals surface area contributed by atoms with E-state index in [-0.39, 0.29) is 23.4 Å². The third kappa shape index (κ3) is 2.71. The molecule has 0 amide bonds. The molecule has 0 unspecified atom stereocenters. The van der Waals surface area contributed by atoms with Gasteiger partial charge >= 0.3 is 12.4 Å². The van der Waals surface area contributed by atoms with Crippen molar-refractivity contribution in [2.45, 2.75) is 25.7 Å². The minimum atomic E-state index is -0.289. The molecule has 1 rings (SSSR count). The van der Waals surface area contributed by atoms with Gasteiger partial charge in [0.2, 0.25) is 10.8 Å². The molecule has 0 heterocycles. The predicted molar refractivity (Wildman–Crippen MR) is 57.0 cm³/mol. The number of rotatable bonds is 2. The van der Waals surface area contributed by atoms with Gasteiger partial charge in [-0.05, 0) is 12.8 Å². The van der Waals surface area contributed by atoms with Crippen molar-refractivity contribution in [2.24, 2.45) is 11.8 Å². The van der Waals surface area contributed by atoms with Crippen molar-refractivity contribution in [1.29, 1.82) is 10.8 Å². The van der Waals surface area contributed by atoms with Crippen LogP contribution in [0, 0.1) is 22.6 Å². The van der Waals surface area contributed by atoms with Crippen LogP contribution in [-0.4, -0.2) is 10.2 Å². The Balaban J connectivity index is 2.89. The topological polar surface area (TPSA) is 96.8 Å². The van der Waals surface area contributed by atoms with Crippen molar-refractivity contribution < 1.29 is 10.2 Å². The maximum Gasteiger partial charge on any atom is 0.387 e. The van der Waals surface area contributed by atoms with E-state index in [2.05, 4.69) is 9.95 Å². The van der Waals surface area contributed by atoms with Gasteiger partial charge in [0.1, 0.15) is 0 Å². The summed E-state index contributed by atoms with van der Waals surface area (Å²) in [6.07, 6.45) is 5.21. The lowest BCUT2D eigenvalue weighted by Crippen LogP contribution is -2.23. The van der Waals surface area contributed by atoms with Gasteiger partial charge in [-0.15, -0.1) is 0 Å². The molecule has 0 aromatic carbocycles. The van der Waals surface area contributed by atoms with Crippen molar-refractivity contribution in [1.82, 2.24) is 0 Å². The average Bonchev–Trinajstić information content (AvgIpc) is 2.30. The van der Waals surface area contributed by atoms with Crippen LogP contribution in [0.3, 0.4) is 0 Å². The Kier molecular flexibility index (Phi) is 4.28. The monoisotopic (exact) mass is 222 g/mol. The van der Waals surface area contributed by atoms with Crippen LogP contribution in [0.5, 0.6) is 0 Å². The molecular weight excluding hydrogens is 208 g/mol. The number of aliphatic hydroxyl groups is 2. The summed E-state index contributed by atoms with van der Waals surface area (Å²) in [4.78, 5) is 5.53. The summed E-state index contributed by atoms with van der Waals surface area (Å²) >= 11 is 0. The van der Waals surface area contributed by atoms with Crippen LogP contribution >= 0.6 is 0 Å². The Labute approximate surface area is 93.1 Å². The van der Waals surface area contributed by atoms with Crippen molar-refractivity contribution in [3.8, 4) is 0 Å². The second-order valence-electron chi connectivity index (χ2n) is 3.84. The Morgan fingerprint density at radius 1 is 0.938 bits per heavy atom. The summed E-state index contributed by atoms with van der Waals surface area (Å²) in [5, 5.41) is 36.0. The molecular formula is C10H14N4O2+2. The van der Waals surface area contributed by atoms with Gasteiger partial charge in [-0.3, -0.25) is 0 Å². The molecule has 0 radical (unpaired) electrons. The van der Waals surface area contributed by atoms with Crippen molar-refractivity contribution >= 4 is 0 Å². The molecule has 0 aromatic rings. The van der Waals surface area contributed by atoms with Gasteiger partial charge in [0, 0.05) is 11.8 Å². The molecule has 16 heavy (non-hydrogen) atoms. The van der Waals surface area contributed by atoms with Crippen LogP contribution in [0.25, 0.3) is 9.95 Å². The van der Waals surface area contributed by atoms with Crippen LogP contribution in [-0.2, 0) is 0 Å². The van der Waals surface area contributed by atoms with Gasteiger partial charge in [0.05, 0.1) is 0 Å². The molecule has 1 saturated carbocycles. The first-order chi connectivity index (χ1) is 7.70. The molecule has 6 nitrogen and oxygen atoms in total. The molecule has 1 aliphatic rings.